The number of anilines is 3. The summed E-state index contributed by atoms with van der Waals surface area (Å²) in [6.45, 7) is 6.49. The van der Waals surface area contributed by atoms with E-state index >= 15 is 0 Å². The minimum atomic E-state index is -0.419. The van der Waals surface area contributed by atoms with Gasteiger partial charge < -0.3 is 31.9 Å². The van der Waals surface area contributed by atoms with Gasteiger partial charge in [0.25, 0.3) is 0 Å². The van der Waals surface area contributed by atoms with Gasteiger partial charge in [-0.2, -0.15) is 0 Å². The standard InChI is InChI=1S/C33H39N7O6/c1-22(41)25-4-10-28(11-5-25)37-31(44)34-16-19-40(20-17-35-32(45)38-29-12-6-26(7-13-29)23(2)42)21-18-36-33(46)39-30-14-8-27(9-15-30)24(3)43/h4-15H,16-21H2,1-3H3,(H2,34,37,44)(H2,35,38,45)(H2,36,39,46). The van der Waals surface area contributed by atoms with Crippen LogP contribution in [0.4, 0.5) is 31.4 Å². The Bertz CT molecular complexity index is 1340. The van der Waals surface area contributed by atoms with Gasteiger partial charge in [-0.1, -0.05) is 0 Å². The number of benzene rings is 3. The van der Waals surface area contributed by atoms with E-state index in [1.165, 1.54) is 20.8 Å². The molecule has 0 bridgehead atoms. The molecule has 0 heterocycles. The number of amides is 6. The number of rotatable bonds is 15. The Morgan fingerprint density at radius 3 is 0.891 bits per heavy atom. The van der Waals surface area contributed by atoms with E-state index in [0.29, 0.717) is 53.4 Å². The second-order valence-corrected chi connectivity index (χ2v) is 10.4. The lowest BCUT2D eigenvalue weighted by atomic mass is 10.1. The normalized spacial score (nSPS) is 10.4. The monoisotopic (exact) mass is 629 g/mol. The molecule has 13 heteroatoms. The molecule has 0 saturated heterocycles. The number of ketones is 3. The molecule has 3 aromatic rings. The summed E-state index contributed by atoms with van der Waals surface area (Å²) < 4.78 is 0. The van der Waals surface area contributed by atoms with Gasteiger partial charge in [0, 0.05) is 73.0 Å². The van der Waals surface area contributed by atoms with Gasteiger partial charge in [0.1, 0.15) is 0 Å². The maximum atomic E-state index is 12.4. The topological polar surface area (TPSA) is 178 Å². The third kappa shape index (κ3) is 12.2. The summed E-state index contributed by atoms with van der Waals surface area (Å²) in [5.74, 6) is -0.204. The fourth-order valence-electron chi connectivity index (χ4n) is 4.21. The average Bonchev–Trinajstić information content (AvgIpc) is 3.01. The maximum Gasteiger partial charge on any atom is 0.319 e. The van der Waals surface area contributed by atoms with Crippen LogP contribution in [0.3, 0.4) is 0 Å². The van der Waals surface area contributed by atoms with Crippen LogP contribution >= 0.6 is 0 Å². The SMILES string of the molecule is CC(=O)c1ccc(NC(=O)NCCN(CCNC(=O)Nc2ccc(C(C)=O)cc2)CCNC(=O)Nc2ccc(C(C)=O)cc2)cc1. The van der Waals surface area contributed by atoms with E-state index in [1.807, 2.05) is 4.90 Å². The molecule has 6 amide bonds. The molecule has 0 aliphatic rings. The zero-order chi connectivity index (χ0) is 33.5. The number of carbonyl (C=O) groups excluding carboxylic acids is 6. The van der Waals surface area contributed by atoms with Crippen molar-refractivity contribution >= 4 is 52.5 Å². The van der Waals surface area contributed by atoms with Crippen molar-refractivity contribution in [1.29, 1.82) is 0 Å². The predicted octanol–water partition coefficient (Wildman–Crippen LogP) is 4.36. The molecule has 46 heavy (non-hydrogen) atoms. The minimum absolute atomic E-state index is 0.0679. The largest absolute Gasteiger partial charge is 0.337 e. The smallest absolute Gasteiger partial charge is 0.319 e. The van der Waals surface area contributed by atoms with Crippen LogP contribution in [-0.4, -0.2) is 79.6 Å². The van der Waals surface area contributed by atoms with Crippen molar-refractivity contribution in [2.45, 2.75) is 20.8 Å². The van der Waals surface area contributed by atoms with Gasteiger partial charge in [-0.3, -0.25) is 19.3 Å². The van der Waals surface area contributed by atoms with E-state index < -0.39 is 18.1 Å². The molecule has 0 unspecified atom stereocenters. The first-order valence-electron chi connectivity index (χ1n) is 14.7. The fourth-order valence-corrected chi connectivity index (χ4v) is 4.21. The maximum absolute atomic E-state index is 12.4. The van der Waals surface area contributed by atoms with Gasteiger partial charge in [0.05, 0.1) is 0 Å². The van der Waals surface area contributed by atoms with Gasteiger partial charge in [-0.05, 0) is 93.6 Å². The van der Waals surface area contributed by atoms with Crippen molar-refractivity contribution < 1.29 is 28.8 Å². The zero-order valence-corrected chi connectivity index (χ0v) is 26.1. The Kier molecular flexibility index (Phi) is 13.4. The van der Waals surface area contributed by atoms with E-state index in [9.17, 15) is 28.8 Å². The summed E-state index contributed by atoms with van der Waals surface area (Å²) >= 11 is 0. The lowest BCUT2D eigenvalue weighted by Crippen LogP contribution is -2.44. The van der Waals surface area contributed by atoms with Crippen LogP contribution < -0.4 is 31.9 Å². The van der Waals surface area contributed by atoms with Gasteiger partial charge in [0.2, 0.25) is 0 Å². The van der Waals surface area contributed by atoms with Crippen molar-refractivity contribution in [3.63, 3.8) is 0 Å². The lowest BCUT2D eigenvalue weighted by Gasteiger charge is -2.23. The molecule has 0 aliphatic carbocycles. The molecule has 13 nitrogen and oxygen atoms in total. The molecule has 0 saturated carbocycles. The number of nitrogens with zero attached hydrogens (tertiary/aromatic N) is 1. The number of urea groups is 3. The number of carbonyl (C=O) groups is 6. The summed E-state index contributed by atoms with van der Waals surface area (Å²) in [7, 11) is 0. The van der Waals surface area contributed by atoms with Crippen LogP contribution in [-0.2, 0) is 0 Å². The van der Waals surface area contributed by atoms with Crippen LogP contribution in [0.15, 0.2) is 72.8 Å². The highest BCUT2D eigenvalue weighted by Crippen LogP contribution is 2.12. The summed E-state index contributed by atoms with van der Waals surface area (Å²) in [4.78, 5) is 73.6. The van der Waals surface area contributed by atoms with E-state index in [0.717, 1.165) is 0 Å². The van der Waals surface area contributed by atoms with Gasteiger partial charge in [-0.25, -0.2) is 14.4 Å². The second kappa shape index (κ2) is 17.7. The number of hydrogen-bond donors (Lipinski definition) is 6. The van der Waals surface area contributed by atoms with Crippen molar-refractivity contribution in [2.75, 3.05) is 55.2 Å². The summed E-state index contributed by atoms with van der Waals surface area (Å²) in [6, 6.07) is 18.4. The summed E-state index contributed by atoms with van der Waals surface area (Å²) in [5.41, 5.74) is 3.25. The molecular weight excluding hydrogens is 590 g/mol. The minimum Gasteiger partial charge on any atom is -0.337 e. The van der Waals surface area contributed by atoms with Crippen LogP contribution in [0.2, 0.25) is 0 Å². The molecule has 0 radical (unpaired) electrons. The van der Waals surface area contributed by atoms with Crippen molar-refractivity contribution in [1.82, 2.24) is 20.9 Å². The summed E-state index contributed by atoms with van der Waals surface area (Å²) in [6.07, 6.45) is 0. The van der Waals surface area contributed by atoms with Gasteiger partial charge in [0.15, 0.2) is 17.3 Å². The van der Waals surface area contributed by atoms with Crippen LogP contribution in [0, 0.1) is 0 Å². The van der Waals surface area contributed by atoms with E-state index in [-0.39, 0.29) is 37.0 Å². The van der Waals surface area contributed by atoms with E-state index in [2.05, 4.69) is 31.9 Å². The third-order valence-electron chi connectivity index (χ3n) is 6.79. The quantitative estimate of drug-likeness (QED) is 0.135. The Morgan fingerprint density at radius 1 is 0.435 bits per heavy atom. The van der Waals surface area contributed by atoms with Crippen LogP contribution in [0.25, 0.3) is 0 Å². The predicted molar refractivity (Wildman–Crippen MR) is 177 cm³/mol. The molecular formula is C33H39N7O6. The first kappa shape index (κ1) is 34.9. The van der Waals surface area contributed by atoms with Crippen LogP contribution in [0.1, 0.15) is 51.8 Å². The van der Waals surface area contributed by atoms with Gasteiger partial charge >= 0.3 is 18.1 Å². The fraction of sp³-hybridized carbons (Fsp3) is 0.273. The Labute approximate surface area is 267 Å². The first-order valence-corrected chi connectivity index (χ1v) is 14.7. The molecule has 242 valence electrons. The Morgan fingerprint density at radius 2 is 0.674 bits per heavy atom. The van der Waals surface area contributed by atoms with Crippen LogP contribution in [0.5, 0.6) is 0 Å². The van der Waals surface area contributed by atoms with Crippen molar-refractivity contribution in [3.05, 3.63) is 89.5 Å². The summed E-state index contributed by atoms with van der Waals surface area (Å²) in [5, 5.41) is 16.5. The highest BCUT2D eigenvalue weighted by molar-refractivity contribution is 5.97. The van der Waals surface area contributed by atoms with E-state index in [4.69, 9.17) is 0 Å². The molecule has 0 spiro atoms. The molecule has 0 atom stereocenters. The highest BCUT2D eigenvalue weighted by Gasteiger charge is 2.10. The molecule has 6 N–H and O–H groups in total. The molecule has 3 rings (SSSR count). The molecule has 0 aromatic heterocycles. The van der Waals surface area contributed by atoms with E-state index in [1.54, 1.807) is 72.8 Å². The molecule has 0 fully saturated rings. The Hall–Kier alpha value is -5.56. The number of hydrogen-bond acceptors (Lipinski definition) is 7. The lowest BCUT2D eigenvalue weighted by molar-refractivity contribution is 0.100. The second-order valence-electron chi connectivity index (χ2n) is 10.4. The Balaban J connectivity index is 1.48. The highest BCUT2D eigenvalue weighted by atomic mass is 16.2. The zero-order valence-electron chi connectivity index (χ0n) is 26.1. The first-order chi connectivity index (χ1) is 22.0. The molecule has 0 aliphatic heterocycles. The number of nitrogens with one attached hydrogen (secondary N) is 6. The average molecular weight is 630 g/mol. The third-order valence-corrected chi connectivity index (χ3v) is 6.79. The van der Waals surface area contributed by atoms with Crippen molar-refractivity contribution in [3.8, 4) is 0 Å². The van der Waals surface area contributed by atoms with Crippen molar-refractivity contribution in [2.24, 2.45) is 0 Å². The van der Waals surface area contributed by atoms with Gasteiger partial charge in [-0.15, -0.1) is 0 Å². The number of Topliss-reactive ketones (excluding diaryl/α,β-unsaturated/α-hetero) is 3. The molecule has 3 aromatic carbocycles.